The number of halogens is 1. The Bertz CT molecular complexity index is 316. The molecule has 0 heterocycles. The predicted molar refractivity (Wildman–Crippen MR) is 46.1 cm³/mol. The summed E-state index contributed by atoms with van der Waals surface area (Å²) in [4.78, 5) is 0. The molecule has 0 bridgehead atoms. The van der Waals surface area contributed by atoms with Crippen molar-refractivity contribution in [3.05, 3.63) is 29.6 Å². The molecule has 2 atom stereocenters. The van der Waals surface area contributed by atoms with Gasteiger partial charge in [-0.05, 0) is 6.07 Å². The molecule has 0 aliphatic heterocycles. The van der Waals surface area contributed by atoms with Crippen molar-refractivity contribution in [3.63, 3.8) is 0 Å². The Hall–Kier alpha value is -1.17. The van der Waals surface area contributed by atoms with Gasteiger partial charge in [-0.3, -0.25) is 0 Å². The largest absolute Gasteiger partial charge is 0.505 e. The van der Waals surface area contributed by atoms with Gasteiger partial charge in [0.2, 0.25) is 0 Å². The third kappa shape index (κ3) is 2.01. The molecular formula is C9H11FO4. The van der Waals surface area contributed by atoms with Crippen LogP contribution >= 0.6 is 0 Å². The zero-order chi connectivity index (χ0) is 10.7. The molecule has 1 aromatic rings. The van der Waals surface area contributed by atoms with Crippen LogP contribution in [0.2, 0.25) is 0 Å². The summed E-state index contributed by atoms with van der Waals surface area (Å²) in [6.45, 7) is -0.684. The van der Waals surface area contributed by atoms with E-state index >= 15 is 0 Å². The van der Waals surface area contributed by atoms with E-state index in [1.165, 1.54) is 12.1 Å². The van der Waals surface area contributed by atoms with Gasteiger partial charge in [-0.2, -0.15) is 0 Å². The van der Waals surface area contributed by atoms with Crippen LogP contribution in [0.25, 0.3) is 0 Å². The van der Waals surface area contributed by atoms with E-state index in [0.29, 0.717) is 0 Å². The van der Waals surface area contributed by atoms with Crippen molar-refractivity contribution >= 4 is 0 Å². The van der Waals surface area contributed by atoms with Crippen molar-refractivity contribution in [3.8, 4) is 5.75 Å². The molecule has 0 amide bonds. The fraction of sp³-hybridized carbons (Fsp3) is 0.333. The first-order valence-corrected chi connectivity index (χ1v) is 4.02. The van der Waals surface area contributed by atoms with E-state index < -0.39 is 30.4 Å². The van der Waals surface area contributed by atoms with Crippen LogP contribution in [0.5, 0.6) is 5.75 Å². The minimum atomic E-state index is -1.55. The van der Waals surface area contributed by atoms with E-state index in [-0.39, 0.29) is 5.56 Å². The van der Waals surface area contributed by atoms with Crippen LogP contribution < -0.4 is 0 Å². The highest BCUT2D eigenvalue weighted by atomic mass is 19.1. The molecule has 0 aliphatic carbocycles. The quantitative estimate of drug-likeness (QED) is 0.552. The summed E-state index contributed by atoms with van der Waals surface area (Å²) in [5.41, 5.74) is -0.244. The second kappa shape index (κ2) is 4.36. The Morgan fingerprint density at radius 3 is 2.50 bits per heavy atom. The lowest BCUT2D eigenvalue weighted by Gasteiger charge is -2.16. The van der Waals surface area contributed by atoms with Gasteiger partial charge in [0.15, 0.2) is 11.6 Å². The maximum Gasteiger partial charge on any atom is 0.170 e. The summed E-state index contributed by atoms with van der Waals surface area (Å²) < 4.78 is 13.1. The molecule has 4 N–H and O–H groups in total. The molecule has 5 heteroatoms. The maximum absolute atomic E-state index is 13.1. The lowest BCUT2D eigenvalue weighted by molar-refractivity contribution is -0.0169. The van der Waals surface area contributed by atoms with Crippen LogP contribution in [0.15, 0.2) is 18.2 Å². The van der Waals surface area contributed by atoms with Gasteiger partial charge in [-0.25, -0.2) is 4.39 Å². The molecule has 0 radical (unpaired) electrons. The van der Waals surface area contributed by atoms with Crippen molar-refractivity contribution in [2.45, 2.75) is 12.2 Å². The molecule has 0 aromatic heterocycles. The normalized spacial score (nSPS) is 15.1. The molecule has 1 aromatic carbocycles. The van der Waals surface area contributed by atoms with Gasteiger partial charge in [0.25, 0.3) is 0 Å². The van der Waals surface area contributed by atoms with E-state index in [1.54, 1.807) is 0 Å². The standard InChI is InChI=1S/C9H11FO4/c10-8-5(2-1-3-6(8)12)9(14)7(13)4-11/h1-3,7,9,11-14H,4H2. The number of phenols is 1. The van der Waals surface area contributed by atoms with Gasteiger partial charge in [0.05, 0.1) is 6.61 Å². The van der Waals surface area contributed by atoms with Crippen molar-refractivity contribution < 1.29 is 24.8 Å². The topological polar surface area (TPSA) is 80.9 Å². The fourth-order valence-electron chi connectivity index (χ4n) is 1.07. The first kappa shape index (κ1) is 10.9. The zero-order valence-electron chi connectivity index (χ0n) is 7.26. The summed E-state index contributed by atoms with van der Waals surface area (Å²) in [5, 5.41) is 35.9. The minimum Gasteiger partial charge on any atom is -0.505 e. The van der Waals surface area contributed by atoms with Crippen LogP contribution in [0.4, 0.5) is 4.39 Å². The fourth-order valence-corrected chi connectivity index (χ4v) is 1.07. The third-order valence-corrected chi connectivity index (χ3v) is 1.88. The number of benzene rings is 1. The highest BCUT2D eigenvalue weighted by Crippen LogP contribution is 2.25. The van der Waals surface area contributed by atoms with E-state index in [0.717, 1.165) is 6.07 Å². The summed E-state index contributed by atoms with van der Waals surface area (Å²) >= 11 is 0. The second-order valence-electron chi connectivity index (χ2n) is 2.88. The van der Waals surface area contributed by atoms with Crippen LogP contribution in [0.3, 0.4) is 0 Å². The molecule has 4 nitrogen and oxygen atoms in total. The van der Waals surface area contributed by atoms with Crippen molar-refractivity contribution in [1.29, 1.82) is 0 Å². The second-order valence-corrected chi connectivity index (χ2v) is 2.88. The number of phenolic OH excluding ortho intramolecular Hbond substituents is 1. The maximum atomic E-state index is 13.1. The smallest absolute Gasteiger partial charge is 0.170 e. The Morgan fingerprint density at radius 1 is 1.29 bits per heavy atom. The lowest BCUT2D eigenvalue weighted by Crippen LogP contribution is -2.22. The van der Waals surface area contributed by atoms with Gasteiger partial charge >= 0.3 is 0 Å². The average Bonchev–Trinajstić information content (AvgIpc) is 2.20. The molecule has 1 rings (SSSR count). The monoisotopic (exact) mass is 202 g/mol. The van der Waals surface area contributed by atoms with Crippen LogP contribution in [0, 0.1) is 5.82 Å². The molecule has 0 fully saturated rings. The van der Waals surface area contributed by atoms with Crippen LogP contribution in [0.1, 0.15) is 11.7 Å². The van der Waals surface area contributed by atoms with Gasteiger partial charge < -0.3 is 20.4 Å². The molecule has 78 valence electrons. The molecule has 0 saturated carbocycles. The van der Waals surface area contributed by atoms with E-state index in [1.807, 2.05) is 0 Å². The number of aromatic hydroxyl groups is 1. The molecule has 0 aliphatic rings. The number of aliphatic hydroxyl groups is 3. The van der Waals surface area contributed by atoms with E-state index in [4.69, 9.17) is 15.3 Å². The molecule has 14 heavy (non-hydrogen) atoms. The Labute approximate surface area is 79.9 Å². The summed E-state index contributed by atoms with van der Waals surface area (Å²) in [6.07, 6.45) is -3.02. The number of aliphatic hydroxyl groups excluding tert-OH is 3. The van der Waals surface area contributed by atoms with Gasteiger partial charge in [-0.15, -0.1) is 0 Å². The number of hydrogen-bond donors (Lipinski definition) is 4. The van der Waals surface area contributed by atoms with E-state index in [9.17, 15) is 9.50 Å². The average molecular weight is 202 g/mol. The summed E-state index contributed by atoms with van der Waals surface area (Å²) in [5.74, 6) is -1.60. The van der Waals surface area contributed by atoms with Crippen molar-refractivity contribution in [2.75, 3.05) is 6.61 Å². The number of hydrogen-bond acceptors (Lipinski definition) is 4. The predicted octanol–water partition coefficient (Wildman–Crippen LogP) is -0.0821. The number of rotatable bonds is 3. The molecule has 0 spiro atoms. The van der Waals surface area contributed by atoms with Gasteiger partial charge in [-0.1, -0.05) is 12.1 Å². The molecule has 2 unspecified atom stereocenters. The summed E-state index contributed by atoms with van der Waals surface area (Å²) in [6, 6.07) is 3.68. The lowest BCUT2D eigenvalue weighted by atomic mass is 10.0. The summed E-state index contributed by atoms with van der Waals surface area (Å²) in [7, 11) is 0. The van der Waals surface area contributed by atoms with E-state index in [2.05, 4.69) is 0 Å². The van der Waals surface area contributed by atoms with Crippen LogP contribution in [-0.2, 0) is 0 Å². The SMILES string of the molecule is OCC(O)C(O)c1cccc(O)c1F. The van der Waals surface area contributed by atoms with Crippen molar-refractivity contribution in [1.82, 2.24) is 0 Å². The van der Waals surface area contributed by atoms with Crippen LogP contribution in [-0.4, -0.2) is 33.1 Å². The Morgan fingerprint density at radius 2 is 1.93 bits per heavy atom. The molecule has 0 saturated heterocycles. The highest BCUT2D eigenvalue weighted by molar-refractivity contribution is 5.31. The highest BCUT2D eigenvalue weighted by Gasteiger charge is 2.21. The minimum absolute atomic E-state index is 0.244. The first-order valence-electron chi connectivity index (χ1n) is 4.02. The van der Waals surface area contributed by atoms with Crippen molar-refractivity contribution in [2.24, 2.45) is 0 Å². The molecular weight excluding hydrogens is 191 g/mol. The van der Waals surface area contributed by atoms with Gasteiger partial charge in [0, 0.05) is 5.56 Å². The third-order valence-electron chi connectivity index (χ3n) is 1.88. The van der Waals surface area contributed by atoms with Gasteiger partial charge in [0.1, 0.15) is 12.2 Å². The zero-order valence-corrected chi connectivity index (χ0v) is 7.26. The first-order chi connectivity index (χ1) is 6.57. The Balaban J connectivity index is 3.01. The Kier molecular flexibility index (Phi) is 3.40.